The van der Waals surface area contributed by atoms with Crippen molar-refractivity contribution in [1.29, 1.82) is 0 Å². The second kappa shape index (κ2) is 14.8. The molecule has 2 aliphatic rings. The fourth-order valence-corrected chi connectivity index (χ4v) is 3.67. The van der Waals surface area contributed by atoms with Gasteiger partial charge in [0.05, 0.1) is 6.10 Å². The number of guanidine groups is 1. The molecule has 0 unspecified atom stereocenters. The second-order valence-electron chi connectivity index (χ2n) is 7.38. The Bertz CT molecular complexity index is 406. The minimum Gasteiger partial charge on any atom is -0.385 e. The summed E-state index contributed by atoms with van der Waals surface area (Å²) in [6.45, 7) is 10.4. The van der Waals surface area contributed by atoms with Gasteiger partial charge in [-0.05, 0) is 45.8 Å². The molecule has 0 bridgehead atoms. The van der Waals surface area contributed by atoms with E-state index in [1.807, 2.05) is 7.05 Å². The van der Waals surface area contributed by atoms with Crippen molar-refractivity contribution in [3.8, 4) is 0 Å². The van der Waals surface area contributed by atoms with Crippen molar-refractivity contribution in [2.75, 3.05) is 86.8 Å². The molecule has 0 aromatic rings. The molecule has 1 N–H and O–H groups in total. The molecular formula is C19H40IN5O2. The normalized spacial score (nSPS) is 21.0. The first-order valence-electron chi connectivity index (χ1n) is 10.2. The number of nitrogens with zero attached hydrogens (tertiary/aromatic N) is 4. The average molecular weight is 497 g/mol. The highest BCUT2D eigenvalue weighted by Gasteiger charge is 2.22. The van der Waals surface area contributed by atoms with Gasteiger partial charge in [-0.3, -0.25) is 4.99 Å². The third-order valence-electron chi connectivity index (χ3n) is 5.32. The molecule has 0 spiro atoms. The zero-order valence-electron chi connectivity index (χ0n) is 17.5. The number of methoxy groups -OCH3 is 1. The SMILES string of the molecule is CN=C(NCCN1CCCN(C)CC1)N1CCC(OCCCOC)CC1.I. The molecule has 0 atom stereocenters. The van der Waals surface area contributed by atoms with Crippen LogP contribution in [0.15, 0.2) is 4.99 Å². The van der Waals surface area contributed by atoms with Crippen molar-refractivity contribution in [2.45, 2.75) is 31.8 Å². The highest BCUT2D eigenvalue weighted by molar-refractivity contribution is 14.0. The molecule has 2 aliphatic heterocycles. The molecule has 0 radical (unpaired) electrons. The number of likely N-dealkylation sites (N-methyl/N-ethyl adjacent to an activating group) is 1. The first kappa shape index (κ1) is 24.9. The van der Waals surface area contributed by atoms with Crippen LogP contribution in [-0.4, -0.2) is 114 Å². The third-order valence-corrected chi connectivity index (χ3v) is 5.32. The van der Waals surface area contributed by atoms with Crippen LogP contribution in [0.4, 0.5) is 0 Å². The number of ether oxygens (including phenoxy) is 2. The molecule has 0 saturated carbocycles. The van der Waals surface area contributed by atoms with Crippen LogP contribution >= 0.6 is 24.0 Å². The summed E-state index contributed by atoms with van der Waals surface area (Å²) in [4.78, 5) is 11.8. The van der Waals surface area contributed by atoms with Crippen molar-refractivity contribution < 1.29 is 9.47 Å². The molecule has 0 aliphatic carbocycles. The lowest BCUT2D eigenvalue weighted by Crippen LogP contribution is -2.48. The number of hydrogen-bond acceptors (Lipinski definition) is 5. The Hall–Kier alpha value is -0.160. The van der Waals surface area contributed by atoms with Gasteiger partial charge < -0.3 is 29.5 Å². The Morgan fingerprint density at radius 3 is 2.56 bits per heavy atom. The lowest BCUT2D eigenvalue weighted by atomic mass is 10.1. The molecule has 2 rings (SSSR count). The molecule has 2 saturated heterocycles. The van der Waals surface area contributed by atoms with E-state index in [0.29, 0.717) is 6.10 Å². The monoisotopic (exact) mass is 497 g/mol. The van der Waals surface area contributed by atoms with Crippen LogP contribution in [0.5, 0.6) is 0 Å². The van der Waals surface area contributed by atoms with E-state index >= 15 is 0 Å². The zero-order chi connectivity index (χ0) is 18.6. The standard InChI is InChI=1S/C19H39N5O2.HI/c1-20-19(21-8-13-23-10-4-9-22(2)14-15-23)24-11-6-18(7-12-24)26-17-5-16-25-3;/h18H,4-17H2,1-3H3,(H,20,21);1H. The van der Waals surface area contributed by atoms with Gasteiger partial charge in [0.1, 0.15) is 0 Å². The third kappa shape index (κ3) is 9.74. The van der Waals surface area contributed by atoms with E-state index in [9.17, 15) is 0 Å². The molecule has 0 aromatic heterocycles. The quantitative estimate of drug-likeness (QED) is 0.237. The number of piperidine rings is 1. The van der Waals surface area contributed by atoms with Crippen LogP contribution in [0.1, 0.15) is 25.7 Å². The largest absolute Gasteiger partial charge is 0.385 e. The number of rotatable bonds is 8. The van der Waals surface area contributed by atoms with Crippen LogP contribution in [0, 0.1) is 0 Å². The average Bonchev–Trinajstić information content (AvgIpc) is 2.87. The Morgan fingerprint density at radius 2 is 1.85 bits per heavy atom. The van der Waals surface area contributed by atoms with Crippen molar-refractivity contribution in [3.05, 3.63) is 0 Å². The fourth-order valence-electron chi connectivity index (χ4n) is 3.67. The summed E-state index contributed by atoms with van der Waals surface area (Å²) in [7, 11) is 5.84. The summed E-state index contributed by atoms with van der Waals surface area (Å²) in [5.74, 6) is 1.04. The van der Waals surface area contributed by atoms with E-state index in [1.54, 1.807) is 7.11 Å². The van der Waals surface area contributed by atoms with Gasteiger partial charge in [0.25, 0.3) is 0 Å². The van der Waals surface area contributed by atoms with Crippen molar-refractivity contribution in [3.63, 3.8) is 0 Å². The number of nitrogens with one attached hydrogen (secondary N) is 1. The zero-order valence-corrected chi connectivity index (χ0v) is 19.8. The van der Waals surface area contributed by atoms with Gasteiger partial charge in [0.2, 0.25) is 0 Å². The van der Waals surface area contributed by atoms with Gasteiger partial charge in [0, 0.05) is 66.6 Å². The topological polar surface area (TPSA) is 52.6 Å². The summed E-state index contributed by atoms with van der Waals surface area (Å²) in [6, 6.07) is 0. The highest BCUT2D eigenvalue weighted by atomic mass is 127. The minimum atomic E-state index is 0. The van der Waals surface area contributed by atoms with Crippen LogP contribution in [-0.2, 0) is 9.47 Å². The first-order chi connectivity index (χ1) is 12.7. The summed E-state index contributed by atoms with van der Waals surface area (Å²) >= 11 is 0. The van der Waals surface area contributed by atoms with Crippen molar-refractivity contribution in [2.24, 2.45) is 4.99 Å². The number of likely N-dealkylation sites (tertiary alicyclic amines) is 1. The van der Waals surface area contributed by atoms with E-state index in [4.69, 9.17) is 9.47 Å². The van der Waals surface area contributed by atoms with E-state index in [-0.39, 0.29) is 24.0 Å². The van der Waals surface area contributed by atoms with E-state index in [0.717, 1.165) is 64.6 Å². The van der Waals surface area contributed by atoms with Crippen LogP contribution in [0.3, 0.4) is 0 Å². The molecular weight excluding hydrogens is 457 g/mol. The predicted molar refractivity (Wildman–Crippen MR) is 122 cm³/mol. The van der Waals surface area contributed by atoms with Gasteiger partial charge >= 0.3 is 0 Å². The van der Waals surface area contributed by atoms with Gasteiger partial charge in [-0.15, -0.1) is 24.0 Å². The second-order valence-corrected chi connectivity index (χ2v) is 7.38. The van der Waals surface area contributed by atoms with Gasteiger partial charge in [0.15, 0.2) is 5.96 Å². The van der Waals surface area contributed by atoms with Gasteiger partial charge in [-0.1, -0.05) is 0 Å². The fraction of sp³-hybridized carbons (Fsp3) is 0.947. The Morgan fingerprint density at radius 1 is 1.07 bits per heavy atom. The summed E-state index contributed by atoms with van der Waals surface area (Å²) in [5.41, 5.74) is 0. The lowest BCUT2D eigenvalue weighted by molar-refractivity contribution is 0.00990. The molecule has 0 aromatic carbocycles. The molecule has 0 amide bonds. The number of halogens is 1. The minimum absolute atomic E-state index is 0. The van der Waals surface area contributed by atoms with Crippen molar-refractivity contribution >= 4 is 29.9 Å². The maximum Gasteiger partial charge on any atom is 0.193 e. The Balaban J connectivity index is 0.00000364. The molecule has 2 fully saturated rings. The maximum atomic E-state index is 5.95. The van der Waals surface area contributed by atoms with Crippen molar-refractivity contribution in [1.82, 2.24) is 20.0 Å². The maximum absolute atomic E-state index is 5.95. The molecule has 2 heterocycles. The first-order valence-corrected chi connectivity index (χ1v) is 10.2. The smallest absolute Gasteiger partial charge is 0.193 e. The van der Waals surface area contributed by atoms with Crippen LogP contribution in [0.2, 0.25) is 0 Å². The number of aliphatic imine (C=N–C) groups is 1. The predicted octanol–water partition coefficient (Wildman–Crippen LogP) is 1.33. The Labute approximate surface area is 182 Å². The molecule has 160 valence electrons. The van der Waals surface area contributed by atoms with Gasteiger partial charge in [-0.25, -0.2) is 0 Å². The summed E-state index contributed by atoms with van der Waals surface area (Å²) < 4.78 is 11.0. The summed E-state index contributed by atoms with van der Waals surface area (Å²) in [5, 5.41) is 3.56. The lowest BCUT2D eigenvalue weighted by Gasteiger charge is -2.34. The van der Waals surface area contributed by atoms with Gasteiger partial charge in [-0.2, -0.15) is 0 Å². The summed E-state index contributed by atoms with van der Waals surface area (Å²) in [6.07, 6.45) is 4.78. The Kier molecular flexibility index (Phi) is 13.6. The molecule has 7 nitrogen and oxygen atoms in total. The molecule has 27 heavy (non-hydrogen) atoms. The van der Waals surface area contributed by atoms with E-state index < -0.39 is 0 Å². The van der Waals surface area contributed by atoms with Crippen LogP contribution in [0.25, 0.3) is 0 Å². The number of hydrogen-bond donors (Lipinski definition) is 1. The van der Waals surface area contributed by atoms with E-state index in [2.05, 4.69) is 32.1 Å². The highest BCUT2D eigenvalue weighted by Crippen LogP contribution is 2.14. The molecule has 8 heteroatoms. The van der Waals surface area contributed by atoms with E-state index in [1.165, 1.54) is 32.6 Å². The van der Waals surface area contributed by atoms with Crippen LogP contribution < -0.4 is 5.32 Å².